The van der Waals surface area contributed by atoms with Crippen LogP contribution in [0.25, 0.3) is 0 Å². The van der Waals surface area contributed by atoms with Crippen molar-refractivity contribution in [3.8, 4) is 0 Å². The van der Waals surface area contributed by atoms with Gasteiger partial charge in [0, 0.05) is 12.4 Å². The molecule has 0 aliphatic carbocycles. The van der Waals surface area contributed by atoms with Crippen LogP contribution in [0.2, 0.25) is 0 Å². The molecule has 0 saturated carbocycles. The number of carbonyl (C=O) groups excluding carboxylic acids is 2. The summed E-state index contributed by atoms with van der Waals surface area (Å²) in [5, 5.41) is 7.12. The van der Waals surface area contributed by atoms with E-state index in [1.165, 1.54) is 12.4 Å². The highest BCUT2D eigenvalue weighted by Crippen LogP contribution is 2.14. The third kappa shape index (κ3) is 0.884. The Bertz CT molecular complexity index is 266. The zero-order valence-corrected chi connectivity index (χ0v) is 6.02. The molecule has 6 nitrogen and oxygen atoms in total. The summed E-state index contributed by atoms with van der Waals surface area (Å²) in [7, 11) is 0. The van der Waals surface area contributed by atoms with Crippen LogP contribution in [-0.4, -0.2) is 24.2 Å². The Labute approximate surface area is 67.7 Å². The van der Waals surface area contributed by atoms with Gasteiger partial charge in [-0.2, -0.15) is 10.2 Å². The van der Waals surface area contributed by atoms with Crippen LogP contribution < -0.4 is 10.9 Å². The second-order valence-corrected chi connectivity index (χ2v) is 2.56. The molecule has 0 spiro atoms. The first-order chi connectivity index (χ1) is 5.79. The van der Waals surface area contributed by atoms with Crippen molar-refractivity contribution in [3.63, 3.8) is 0 Å². The number of carbonyl (C=O) groups is 2. The molecule has 0 bridgehead atoms. The fraction of sp³-hybridized carbons (Fsp3) is 0.333. The van der Waals surface area contributed by atoms with Crippen LogP contribution in [0.15, 0.2) is 10.2 Å². The molecule has 2 aliphatic heterocycles. The maximum atomic E-state index is 11.0. The molecule has 12 heavy (non-hydrogen) atoms. The Morgan fingerprint density at radius 2 is 1.42 bits per heavy atom. The van der Waals surface area contributed by atoms with E-state index in [1.54, 1.807) is 0 Å². The minimum absolute atomic E-state index is 0.261. The van der Waals surface area contributed by atoms with Gasteiger partial charge in [0.25, 0.3) is 0 Å². The molecule has 2 heterocycles. The summed E-state index contributed by atoms with van der Waals surface area (Å²) in [5.41, 5.74) is 4.51. The van der Waals surface area contributed by atoms with Crippen LogP contribution in [0.4, 0.5) is 0 Å². The zero-order valence-electron chi connectivity index (χ0n) is 6.02. The third-order valence-corrected chi connectivity index (χ3v) is 1.81. The largest absolute Gasteiger partial charge is 0.272 e. The van der Waals surface area contributed by atoms with Gasteiger partial charge in [-0.3, -0.25) is 9.59 Å². The van der Waals surface area contributed by atoms with Crippen molar-refractivity contribution >= 4 is 24.2 Å². The van der Waals surface area contributed by atoms with Crippen LogP contribution in [-0.2, 0) is 9.59 Å². The average molecular weight is 166 g/mol. The first-order valence-electron chi connectivity index (χ1n) is 3.45. The number of amides is 2. The van der Waals surface area contributed by atoms with Crippen molar-refractivity contribution in [1.82, 2.24) is 10.9 Å². The number of hydrogen-bond acceptors (Lipinski definition) is 4. The summed E-state index contributed by atoms with van der Waals surface area (Å²) >= 11 is 0. The Morgan fingerprint density at radius 1 is 1.00 bits per heavy atom. The first-order valence-corrected chi connectivity index (χ1v) is 3.45. The zero-order chi connectivity index (χ0) is 8.55. The minimum Gasteiger partial charge on any atom is -0.272 e. The van der Waals surface area contributed by atoms with Crippen molar-refractivity contribution in [2.45, 2.75) is 0 Å². The number of rotatable bonds is 1. The molecular weight excluding hydrogens is 160 g/mol. The lowest BCUT2D eigenvalue weighted by molar-refractivity contribution is -0.128. The molecule has 0 radical (unpaired) electrons. The van der Waals surface area contributed by atoms with Gasteiger partial charge >= 0.3 is 0 Å². The summed E-state index contributed by atoms with van der Waals surface area (Å²) in [6, 6.07) is 0. The highest BCUT2D eigenvalue weighted by atomic mass is 16.2. The van der Waals surface area contributed by atoms with Gasteiger partial charge in [-0.1, -0.05) is 0 Å². The summed E-state index contributed by atoms with van der Waals surface area (Å²) < 4.78 is 0. The van der Waals surface area contributed by atoms with E-state index in [9.17, 15) is 9.59 Å². The van der Waals surface area contributed by atoms with Gasteiger partial charge in [0.05, 0.1) is 11.8 Å². The summed E-state index contributed by atoms with van der Waals surface area (Å²) in [4.78, 5) is 22.1. The van der Waals surface area contributed by atoms with E-state index in [-0.39, 0.29) is 11.8 Å². The SMILES string of the molecule is O=C1NN=CC1C1C=NNC1=O. The predicted molar refractivity (Wildman–Crippen MR) is 40.2 cm³/mol. The normalized spacial score (nSPS) is 32.3. The standard InChI is InChI=1S/C6H6N4O2/c11-5-3(1-7-9-5)4-2-8-10-6(4)12/h1-4H,(H,9,11)(H,10,12). The average Bonchev–Trinajstić information content (AvgIpc) is 2.59. The van der Waals surface area contributed by atoms with Crippen molar-refractivity contribution in [2.24, 2.45) is 22.0 Å². The van der Waals surface area contributed by atoms with E-state index in [2.05, 4.69) is 21.1 Å². The number of hydrogen-bond donors (Lipinski definition) is 2. The first kappa shape index (κ1) is 6.96. The van der Waals surface area contributed by atoms with Gasteiger partial charge in [0.15, 0.2) is 0 Å². The number of hydrazone groups is 2. The molecule has 0 aromatic heterocycles. The molecule has 0 fully saturated rings. The number of nitrogens with zero attached hydrogens (tertiary/aromatic N) is 2. The van der Waals surface area contributed by atoms with Crippen molar-refractivity contribution in [3.05, 3.63) is 0 Å². The van der Waals surface area contributed by atoms with E-state index >= 15 is 0 Å². The highest BCUT2D eigenvalue weighted by molar-refractivity contribution is 6.09. The van der Waals surface area contributed by atoms with E-state index in [0.717, 1.165) is 0 Å². The Balaban J connectivity index is 2.18. The third-order valence-electron chi connectivity index (χ3n) is 1.81. The van der Waals surface area contributed by atoms with Gasteiger partial charge in [-0.25, -0.2) is 10.9 Å². The number of nitrogens with one attached hydrogen (secondary N) is 2. The van der Waals surface area contributed by atoms with Crippen LogP contribution in [0, 0.1) is 11.8 Å². The molecular formula is C6H6N4O2. The molecule has 2 N–H and O–H groups in total. The van der Waals surface area contributed by atoms with Gasteiger partial charge < -0.3 is 0 Å². The Morgan fingerprint density at radius 3 is 1.67 bits per heavy atom. The Hall–Kier alpha value is -1.72. The molecule has 2 rings (SSSR count). The fourth-order valence-corrected chi connectivity index (χ4v) is 1.16. The second-order valence-electron chi connectivity index (χ2n) is 2.56. The lowest BCUT2D eigenvalue weighted by Crippen LogP contribution is -2.33. The summed E-state index contributed by atoms with van der Waals surface area (Å²) in [6.45, 7) is 0. The molecule has 2 aliphatic rings. The molecule has 6 heteroatoms. The molecule has 0 aromatic rings. The van der Waals surface area contributed by atoms with Crippen LogP contribution >= 0.6 is 0 Å². The molecule has 0 saturated heterocycles. The van der Waals surface area contributed by atoms with E-state index in [1.807, 2.05) is 0 Å². The van der Waals surface area contributed by atoms with Gasteiger partial charge in [-0.15, -0.1) is 0 Å². The monoisotopic (exact) mass is 166 g/mol. The van der Waals surface area contributed by atoms with E-state index in [4.69, 9.17) is 0 Å². The van der Waals surface area contributed by atoms with Gasteiger partial charge in [0.1, 0.15) is 0 Å². The molecule has 2 amide bonds. The molecule has 0 aromatic carbocycles. The van der Waals surface area contributed by atoms with Crippen molar-refractivity contribution in [2.75, 3.05) is 0 Å². The second kappa shape index (κ2) is 2.40. The minimum atomic E-state index is -0.503. The summed E-state index contributed by atoms with van der Waals surface area (Å²) in [6.07, 6.45) is 2.84. The van der Waals surface area contributed by atoms with E-state index < -0.39 is 11.8 Å². The van der Waals surface area contributed by atoms with Gasteiger partial charge in [0.2, 0.25) is 11.8 Å². The summed E-state index contributed by atoms with van der Waals surface area (Å²) in [5.74, 6) is -1.53. The van der Waals surface area contributed by atoms with Crippen molar-refractivity contribution in [1.29, 1.82) is 0 Å². The Kier molecular flexibility index (Phi) is 1.39. The molecule has 2 unspecified atom stereocenters. The maximum absolute atomic E-state index is 11.0. The lowest BCUT2D eigenvalue weighted by atomic mass is 9.94. The van der Waals surface area contributed by atoms with Crippen molar-refractivity contribution < 1.29 is 9.59 Å². The van der Waals surface area contributed by atoms with E-state index in [0.29, 0.717) is 0 Å². The highest BCUT2D eigenvalue weighted by Gasteiger charge is 2.36. The molecule has 62 valence electrons. The van der Waals surface area contributed by atoms with Gasteiger partial charge in [-0.05, 0) is 0 Å². The fourth-order valence-electron chi connectivity index (χ4n) is 1.16. The lowest BCUT2D eigenvalue weighted by Gasteiger charge is -2.06. The smallest absolute Gasteiger partial charge is 0.249 e. The van der Waals surface area contributed by atoms with Crippen LogP contribution in [0.1, 0.15) is 0 Å². The predicted octanol–water partition coefficient (Wildman–Crippen LogP) is -1.55. The maximum Gasteiger partial charge on any atom is 0.249 e. The topological polar surface area (TPSA) is 82.9 Å². The quantitative estimate of drug-likeness (QED) is 0.494. The molecule has 2 atom stereocenters. The van der Waals surface area contributed by atoms with Crippen LogP contribution in [0.3, 0.4) is 0 Å². The van der Waals surface area contributed by atoms with Crippen LogP contribution in [0.5, 0.6) is 0 Å².